The Morgan fingerprint density at radius 2 is 2.00 bits per heavy atom. The molecule has 0 aliphatic carbocycles. The Hall–Kier alpha value is -1.81. The molecule has 0 amide bonds. The van der Waals surface area contributed by atoms with E-state index in [1.54, 1.807) is 17.8 Å². The number of benzene rings is 1. The van der Waals surface area contributed by atoms with Gasteiger partial charge in [0.15, 0.2) is 0 Å². The molecule has 1 heterocycles. The maximum Gasteiger partial charge on any atom is 0.354 e. The van der Waals surface area contributed by atoms with Gasteiger partial charge in [0.2, 0.25) is 0 Å². The topological polar surface area (TPSA) is 50.2 Å². The van der Waals surface area contributed by atoms with Crippen molar-refractivity contribution in [1.29, 1.82) is 0 Å². The third-order valence-electron chi connectivity index (χ3n) is 2.20. The number of aromatic nitrogens is 1. The minimum absolute atomic E-state index is 0.0862. The van der Waals surface area contributed by atoms with E-state index in [1.807, 2.05) is 36.4 Å². The summed E-state index contributed by atoms with van der Waals surface area (Å²) in [5, 5.41) is 8.82. The maximum atomic E-state index is 10.8. The molecule has 0 fully saturated rings. The summed E-state index contributed by atoms with van der Waals surface area (Å²) in [6.45, 7) is 0. The molecule has 0 aliphatic heterocycles. The maximum absolute atomic E-state index is 10.8. The Balaban J connectivity index is 2.04. The first kappa shape index (κ1) is 11.7. The van der Waals surface area contributed by atoms with Gasteiger partial charge in [0.1, 0.15) is 5.69 Å². The smallest absolute Gasteiger partial charge is 0.354 e. The molecule has 0 atom stereocenters. The van der Waals surface area contributed by atoms with Crippen molar-refractivity contribution >= 4 is 17.7 Å². The van der Waals surface area contributed by atoms with Gasteiger partial charge in [-0.15, -0.1) is 11.8 Å². The molecule has 0 saturated heterocycles. The predicted molar refractivity (Wildman–Crippen MR) is 67.2 cm³/mol. The molecule has 3 nitrogen and oxygen atoms in total. The summed E-state index contributed by atoms with van der Waals surface area (Å²) in [7, 11) is 0. The lowest BCUT2D eigenvalue weighted by molar-refractivity contribution is 0.0690. The third-order valence-corrected chi connectivity index (χ3v) is 3.26. The number of nitrogens with zero attached hydrogens (tertiary/aromatic N) is 1. The van der Waals surface area contributed by atoms with Gasteiger partial charge in [-0.3, -0.25) is 0 Å². The molecular formula is C13H11NO2S. The summed E-state index contributed by atoms with van der Waals surface area (Å²) in [5.74, 6) is -0.170. The largest absolute Gasteiger partial charge is 0.477 e. The second-order valence-electron chi connectivity index (χ2n) is 3.46. The van der Waals surface area contributed by atoms with Crippen LogP contribution in [0.1, 0.15) is 16.1 Å². The summed E-state index contributed by atoms with van der Waals surface area (Å²) in [5.41, 5.74) is 1.30. The normalized spacial score (nSPS) is 10.1. The number of hydrogen-bond donors (Lipinski definition) is 1. The minimum Gasteiger partial charge on any atom is -0.477 e. The number of pyridine rings is 1. The van der Waals surface area contributed by atoms with E-state index in [9.17, 15) is 4.79 Å². The molecule has 1 aromatic carbocycles. The van der Waals surface area contributed by atoms with Crippen LogP contribution in [0.2, 0.25) is 0 Å². The molecule has 0 aliphatic rings. The zero-order chi connectivity index (χ0) is 12.1. The van der Waals surface area contributed by atoms with Crippen LogP contribution < -0.4 is 0 Å². The molecule has 2 aromatic rings. The van der Waals surface area contributed by atoms with E-state index in [-0.39, 0.29) is 5.69 Å². The fraction of sp³-hybridized carbons (Fsp3) is 0.0769. The van der Waals surface area contributed by atoms with E-state index >= 15 is 0 Å². The van der Waals surface area contributed by atoms with Gasteiger partial charge in [0, 0.05) is 16.8 Å². The fourth-order valence-electron chi connectivity index (χ4n) is 1.36. The number of carboxylic acid groups (broad SMARTS) is 1. The van der Waals surface area contributed by atoms with Crippen LogP contribution >= 0.6 is 11.8 Å². The number of carboxylic acids is 1. The van der Waals surface area contributed by atoms with Crippen LogP contribution in [-0.2, 0) is 5.75 Å². The van der Waals surface area contributed by atoms with Crippen LogP contribution in [0.3, 0.4) is 0 Å². The van der Waals surface area contributed by atoms with Crippen LogP contribution in [-0.4, -0.2) is 16.1 Å². The quantitative estimate of drug-likeness (QED) is 0.841. The van der Waals surface area contributed by atoms with Gasteiger partial charge in [-0.05, 0) is 17.7 Å². The van der Waals surface area contributed by atoms with Crippen molar-refractivity contribution in [3.8, 4) is 0 Å². The summed E-state index contributed by atoms with van der Waals surface area (Å²) in [6.07, 6.45) is 1.52. The van der Waals surface area contributed by atoms with Crippen molar-refractivity contribution in [2.45, 2.75) is 10.6 Å². The van der Waals surface area contributed by atoms with Crippen molar-refractivity contribution in [3.05, 3.63) is 59.9 Å². The monoisotopic (exact) mass is 245 g/mol. The number of carbonyl (C=O) groups is 1. The van der Waals surface area contributed by atoms with Crippen LogP contribution in [0.4, 0.5) is 0 Å². The average Bonchev–Trinajstić information content (AvgIpc) is 2.38. The Morgan fingerprint density at radius 3 is 2.71 bits per heavy atom. The second kappa shape index (κ2) is 5.50. The van der Waals surface area contributed by atoms with E-state index in [2.05, 4.69) is 4.98 Å². The molecule has 2 rings (SSSR count). The van der Waals surface area contributed by atoms with Gasteiger partial charge >= 0.3 is 5.97 Å². The van der Waals surface area contributed by atoms with Crippen molar-refractivity contribution in [3.63, 3.8) is 0 Å². The van der Waals surface area contributed by atoms with Gasteiger partial charge in [-0.1, -0.05) is 30.3 Å². The van der Waals surface area contributed by atoms with Gasteiger partial charge in [-0.2, -0.15) is 0 Å². The van der Waals surface area contributed by atoms with E-state index in [4.69, 9.17) is 5.11 Å². The molecule has 86 valence electrons. The molecule has 0 unspecified atom stereocenters. The van der Waals surface area contributed by atoms with Crippen molar-refractivity contribution in [2.75, 3.05) is 0 Å². The number of thioether (sulfide) groups is 1. The molecule has 4 heteroatoms. The Bertz CT molecular complexity index is 514. The first-order valence-corrected chi connectivity index (χ1v) is 6.10. The molecule has 0 bridgehead atoms. The van der Waals surface area contributed by atoms with E-state index in [1.165, 1.54) is 11.8 Å². The molecule has 17 heavy (non-hydrogen) atoms. The summed E-state index contributed by atoms with van der Waals surface area (Å²) in [4.78, 5) is 15.5. The number of hydrogen-bond acceptors (Lipinski definition) is 3. The standard InChI is InChI=1S/C13H11NO2S/c15-13(16)12-8-11(6-7-14-12)17-9-10-4-2-1-3-5-10/h1-8H,9H2,(H,15,16). The van der Waals surface area contributed by atoms with Crippen LogP contribution in [0, 0.1) is 0 Å². The van der Waals surface area contributed by atoms with Crippen molar-refractivity contribution in [1.82, 2.24) is 4.98 Å². The summed E-state index contributed by atoms with van der Waals surface area (Å²) >= 11 is 1.60. The number of rotatable bonds is 4. The van der Waals surface area contributed by atoms with E-state index in [0.717, 1.165) is 10.6 Å². The van der Waals surface area contributed by atoms with Crippen LogP contribution in [0.5, 0.6) is 0 Å². The lowest BCUT2D eigenvalue weighted by Gasteiger charge is -2.02. The highest BCUT2D eigenvalue weighted by Gasteiger charge is 2.05. The Kier molecular flexibility index (Phi) is 3.77. The van der Waals surface area contributed by atoms with Crippen molar-refractivity contribution < 1.29 is 9.90 Å². The molecule has 0 radical (unpaired) electrons. The molecule has 0 saturated carbocycles. The highest BCUT2D eigenvalue weighted by Crippen LogP contribution is 2.22. The fourth-order valence-corrected chi connectivity index (χ4v) is 2.24. The van der Waals surface area contributed by atoms with Crippen molar-refractivity contribution in [2.24, 2.45) is 0 Å². The average molecular weight is 245 g/mol. The molecule has 0 spiro atoms. The van der Waals surface area contributed by atoms with Gasteiger partial charge in [-0.25, -0.2) is 9.78 Å². The first-order chi connectivity index (χ1) is 8.25. The molecule has 1 N–H and O–H groups in total. The van der Waals surface area contributed by atoms with Gasteiger partial charge in [0.05, 0.1) is 0 Å². The Labute approximate surface area is 104 Å². The van der Waals surface area contributed by atoms with E-state index < -0.39 is 5.97 Å². The second-order valence-corrected chi connectivity index (χ2v) is 4.50. The van der Waals surface area contributed by atoms with Crippen LogP contribution in [0.25, 0.3) is 0 Å². The first-order valence-electron chi connectivity index (χ1n) is 5.12. The van der Waals surface area contributed by atoms with Gasteiger partial charge in [0.25, 0.3) is 0 Å². The third kappa shape index (κ3) is 3.32. The highest BCUT2D eigenvalue weighted by atomic mass is 32.2. The number of aromatic carboxylic acids is 1. The SMILES string of the molecule is O=C(O)c1cc(SCc2ccccc2)ccn1. The summed E-state index contributed by atoms with van der Waals surface area (Å²) < 4.78 is 0. The predicted octanol–water partition coefficient (Wildman–Crippen LogP) is 3.07. The van der Waals surface area contributed by atoms with Crippen LogP contribution in [0.15, 0.2) is 53.6 Å². The summed E-state index contributed by atoms with van der Waals surface area (Å²) in [6, 6.07) is 13.5. The lowest BCUT2D eigenvalue weighted by Crippen LogP contribution is -1.99. The lowest BCUT2D eigenvalue weighted by atomic mass is 10.2. The van der Waals surface area contributed by atoms with Gasteiger partial charge < -0.3 is 5.11 Å². The zero-order valence-electron chi connectivity index (χ0n) is 9.04. The van der Waals surface area contributed by atoms with E-state index in [0.29, 0.717) is 0 Å². The Morgan fingerprint density at radius 1 is 1.24 bits per heavy atom. The molecule has 1 aromatic heterocycles. The zero-order valence-corrected chi connectivity index (χ0v) is 9.85. The molecular weight excluding hydrogens is 234 g/mol. The minimum atomic E-state index is -0.993. The highest BCUT2D eigenvalue weighted by molar-refractivity contribution is 7.98.